The minimum atomic E-state index is -3.02. The quantitative estimate of drug-likeness (QED) is 0.906. The minimum absolute atomic E-state index is 0.0242. The number of hydrogen-bond donors (Lipinski definition) is 1. The fourth-order valence-electron chi connectivity index (χ4n) is 1.99. The van der Waals surface area contributed by atoms with Gasteiger partial charge in [0, 0.05) is 5.56 Å². The standard InChI is InChI=1S/C12H15FO4S/c1-8(14)11-6-9(13)2-3-12(11)17-10-4-5-18(15,16)7-10/h2-3,6,8,10,14H,4-5,7H2,1H3/t8-,10?/m0/s1. The lowest BCUT2D eigenvalue weighted by Crippen LogP contribution is -2.18. The second kappa shape index (κ2) is 4.85. The van der Waals surface area contributed by atoms with Crippen molar-refractivity contribution in [1.82, 2.24) is 0 Å². The molecule has 0 aliphatic carbocycles. The second-order valence-corrected chi connectivity index (χ2v) is 6.73. The van der Waals surface area contributed by atoms with Crippen molar-refractivity contribution in [2.75, 3.05) is 11.5 Å². The molecule has 2 rings (SSSR count). The molecule has 1 saturated heterocycles. The Morgan fingerprint density at radius 3 is 2.78 bits per heavy atom. The first-order chi connectivity index (χ1) is 8.37. The van der Waals surface area contributed by atoms with Gasteiger partial charge in [-0.25, -0.2) is 12.8 Å². The summed E-state index contributed by atoms with van der Waals surface area (Å²) < 4.78 is 41.3. The summed E-state index contributed by atoms with van der Waals surface area (Å²) >= 11 is 0. The smallest absolute Gasteiger partial charge is 0.154 e. The molecule has 1 aliphatic rings. The predicted molar refractivity (Wildman–Crippen MR) is 64.7 cm³/mol. The van der Waals surface area contributed by atoms with Gasteiger partial charge in [0.15, 0.2) is 9.84 Å². The van der Waals surface area contributed by atoms with Crippen LogP contribution in [0, 0.1) is 5.82 Å². The van der Waals surface area contributed by atoms with Gasteiger partial charge in [0.2, 0.25) is 0 Å². The lowest BCUT2D eigenvalue weighted by molar-refractivity contribution is 0.179. The van der Waals surface area contributed by atoms with Crippen LogP contribution >= 0.6 is 0 Å². The lowest BCUT2D eigenvalue weighted by Gasteiger charge is -2.17. The molecule has 2 atom stereocenters. The molecule has 18 heavy (non-hydrogen) atoms. The number of aliphatic hydroxyl groups is 1. The van der Waals surface area contributed by atoms with Gasteiger partial charge in [0.05, 0.1) is 17.6 Å². The van der Waals surface area contributed by atoms with Gasteiger partial charge in [-0.2, -0.15) is 0 Å². The lowest BCUT2D eigenvalue weighted by atomic mass is 10.1. The average Bonchev–Trinajstić information content (AvgIpc) is 2.60. The van der Waals surface area contributed by atoms with Crippen molar-refractivity contribution < 1.29 is 22.7 Å². The predicted octanol–water partition coefficient (Wildman–Crippen LogP) is 1.44. The Kier molecular flexibility index (Phi) is 3.59. The van der Waals surface area contributed by atoms with Gasteiger partial charge in [-0.1, -0.05) is 0 Å². The number of hydrogen-bond acceptors (Lipinski definition) is 4. The van der Waals surface area contributed by atoms with Crippen molar-refractivity contribution in [1.29, 1.82) is 0 Å². The van der Waals surface area contributed by atoms with Gasteiger partial charge >= 0.3 is 0 Å². The van der Waals surface area contributed by atoms with Crippen molar-refractivity contribution in [2.24, 2.45) is 0 Å². The van der Waals surface area contributed by atoms with Crippen LogP contribution < -0.4 is 4.74 Å². The fourth-order valence-corrected chi connectivity index (χ4v) is 3.58. The largest absolute Gasteiger partial charge is 0.489 e. The summed E-state index contributed by atoms with van der Waals surface area (Å²) in [4.78, 5) is 0. The van der Waals surface area contributed by atoms with Crippen LogP contribution in [0.2, 0.25) is 0 Å². The van der Waals surface area contributed by atoms with E-state index in [1.807, 2.05) is 0 Å². The van der Waals surface area contributed by atoms with E-state index in [0.717, 1.165) is 0 Å². The Labute approximate surface area is 105 Å². The Balaban J connectivity index is 2.19. The molecule has 0 amide bonds. The molecule has 0 aromatic heterocycles. The minimum Gasteiger partial charge on any atom is -0.489 e. The SMILES string of the molecule is C[C@H](O)c1cc(F)ccc1OC1CCS(=O)(=O)C1. The first-order valence-corrected chi connectivity index (χ1v) is 7.54. The number of sulfone groups is 1. The molecule has 6 heteroatoms. The van der Waals surface area contributed by atoms with Crippen LogP contribution in [0.1, 0.15) is 25.0 Å². The molecular formula is C12H15FO4S. The van der Waals surface area contributed by atoms with Crippen LogP contribution in [-0.4, -0.2) is 31.1 Å². The van der Waals surface area contributed by atoms with Gasteiger partial charge in [0.25, 0.3) is 0 Å². The molecule has 1 unspecified atom stereocenters. The van der Waals surface area contributed by atoms with Gasteiger partial charge in [-0.3, -0.25) is 0 Å². The Hall–Kier alpha value is -1.14. The van der Waals surface area contributed by atoms with Crippen molar-refractivity contribution in [2.45, 2.75) is 25.6 Å². The molecule has 1 heterocycles. The third-order valence-electron chi connectivity index (χ3n) is 2.91. The van der Waals surface area contributed by atoms with Crippen molar-refractivity contribution in [3.63, 3.8) is 0 Å². The number of halogens is 1. The molecule has 100 valence electrons. The summed E-state index contributed by atoms with van der Waals surface area (Å²) in [5.74, 6) is -0.0299. The van der Waals surface area contributed by atoms with E-state index in [0.29, 0.717) is 17.7 Å². The number of rotatable bonds is 3. The number of aliphatic hydroxyl groups excluding tert-OH is 1. The Morgan fingerprint density at radius 1 is 1.50 bits per heavy atom. The first kappa shape index (κ1) is 13.3. The summed E-state index contributed by atoms with van der Waals surface area (Å²) in [5.41, 5.74) is 0.333. The van der Waals surface area contributed by atoms with Crippen LogP contribution in [0.4, 0.5) is 4.39 Å². The maximum Gasteiger partial charge on any atom is 0.154 e. The maximum atomic E-state index is 13.1. The molecule has 4 nitrogen and oxygen atoms in total. The molecule has 1 aliphatic heterocycles. The van der Waals surface area contributed by atoms with Crippen LogP contribution in [0.15, 0.2) is 18.2 Å². The van der Waals surface area contributed by atoms with E-state index >= 15 is 0 Å². The zero-order valence-corrected chi connectivity index (χ0v) is 10.8. The topological polar surface area (TPSA) is 63.6 Å². The van der Waals surface area contributed by atoms with Gasteiger partial charge < -0.3 is 9.84 Å². The monoisotopic (exact) mass is 274 g/mol. The highest BCUT2D eigenvalue weighted by atomic mass is 32.2. The Morgan fingerprint density at radius 2 is 2.22 bits per heavy atom. The van der Waals surface area contributed by atoms with Gasteiger partial charge in [-0.15, -0.1) is 0 Å². The van der Waals surface area contributed by atoms with Gasteiger partial charge in [0.1, 0.15) is 17.7 Å². The van der Waals surface area contributed by atoms with Gasteiger partial charge in [-0.05, 0) is 31.5 Å². The summed E-state index contributed by atoms with van der Waals surface area (Å²) in [6.45, 7) is 1.51. The van der Waals surface area contributed by atoms with E-state index in [-0.39, 0.29) is 11.5 Å². The van der Waals surface area contributed by atoms with E-state index in [1.165, 1.54) is 25.1 Å². The normalized spacial score (nSPS) is 23.8. The highest BCUT2D eigenvalue weighted by Gasteiger charge is 2.30. The zero-order chi connectivity index (χ0) is 13.3. The molecular weight excluding hydrogens is 259 g/mol. The van der Waals surface area contributed by atoms with Crippen molar-refractivity contribution in [3.05, 3.63) is 29.6 Å². The molecule has 0 bridgehead atoms. The zero-order valence-electron chi connectivity index (χ0n) is 9.97. The highest BCUT2D eigenvalue weighted by Crippen LogP contribution is 2.28. The summed E-state index contributed by atoms with van der Waals surface area (Å²) in [5, 5.41) is 9.54. The molecule has 0 saturated carbocycles. The molecule has 1 aromatic carbocycles. The Bertz CT molecular complexity index is 539. The fraction of sp³-hybridized carbons (Fsp3) is 0.500. The molecule has 1 aromatic rings. The summed E-state index contributed by atoms with van der Waals surface area (Å²) in [7, 11) is -3.02. The third kappa shape index (κ3) is 3.00. The molecule has 1 N–H and O–H groups in total. The number of ether oxygens (including phenoxy) is 1. The highest BCUT2D eigenvalue weighted by molar-refractivity contribution is 7.91. The average molecular weight is 274 g/mol. The van der Waals surface area contributed by atoms with Crippen molar-refractivity contribution in [3.8, 4) is 5.75 Å². The van der Waals surface area contributed by atoms with Crippen LogP contribution in [0.25, 0.3) is 0 Å². The van der Waals surface area contributed by atoms with E-state index in [1.54, 1.807) is 0 Å². The van der Waals surface area contributed by atoms with E-state index in [4.69, 9.17) is 4.74 Å². The molecule has 1 fully saturated rings. The third-order valence-corrected chi connectivity index (χ3v) is 4.64. The van der Waals surface area contributed by atoms with E-state index in [9.17, 15) is 17.9 Å². The van der Waals surface area contributed by atoms with Crippen LogP contribution in [0.5, 0.6) is 5.75 Å². The maximum absolute atomic E-state index is 13.1. The molecule has 0 radical (unpaired) electrons. The second-order valence-electron chi connectivity index (χ2n) is 4.50. The summed E-state index contributed by atoms with van der Waals surface area (Å²) in [6.07, 6.45) is -0.856. The number of benzene rings is 1. The summed E-state index contributed by atoms with van der Waals surface area (Å²) in [6, 6.07) is 3.84. The van der Waals surface area contributed by atoms with E-state index in [2.05, 4.69) is 0 Å². The van der Waals surface area contributed by atoms with Crippen molar-refractivity contribution >= 4 is 9.84 Å². The van der Waals surface area contributed by atoms with Crippen LogP contribution in [-0.2, 0) is 9.84 Å². The first-order valence-electron chi connectivity index (χ1n) is 5.72. The van der Waals surface area contributed by atoms with E-state index < -0.39 is 27.9 Å². The molecule has 0 spiro atoms. The van der Waals surface area contributed by atoms with Crippen LogP contribution in [0.3, 0.4) is 0 Å².